The second kappa shape index (κ2) is 7.58. The fourth-order valence-electron chi connectivity index (χ4n) is 3.34. The summed E-state index contributed by atoms with van der Waals surface area (Å²) in [5.41, 5.74) is 7.62. The Balaban J connectivity index is 1.77. The molecule has 0 amide bonds. The average Bonchev–Trinajstić information content (AvgIpc) is 2.70. The van der Waals surface area contributed by atoms with Gasteiger partial charge in [-0.25, -0.2) is 9.97 Å². The standard InChI is InChI=1S/C24H23N3/c1-3-7-19-11-12-20-23(14-15-25-24(20)26-19)27-22-13-10-17(2)16-21(22)18-8-5-4-6-9-18/h4-6,8-16H,3,7H2,1-2H3,(H,25,26,27). The third-order valence-electron chi connectivity index (χ3n) is 4.70. The van der Waals surface area contributed by atoms with Crippen LogP contribution >= 0.6 is 0 Å². The number of anilines is 2. The van der Waals surface area contributed by atoms with Crippen LogP contribution in [0.3, 0.4) is 0 Å². The fourth-order valence-corrected chi connectivity index (χ4v) is 3.34. The summed E-state index contributed by atoms with van der Waals surface area (Å²) in [5, 5.41) is 4.65. The highest BCUT2D eigenvalue weighted by Crippen LogP contribution is 2.33. The number of nitrogens with zero attached hydrogens (tertiary/aromatic N) is 2. The van der Waals surface area contributed by atoms with Crippen LogP contribution in [0.2, 0.25) is 0 Å². The maximum absolute atomic E-state index is 4.71. The zero-order valence-corrected chi connectivity index (χ0v) is 15.7. The molecular weight excluding hydrogens is 330 g/mol. The van der Waals surface area contributed by atoms with Gasteiger partial charge in [-0.15, -0.1) is 0 Å². The number of benzene rings is 2. The molecular formula is C24H23N3. The van der Waals surface area contributed by atoms with E-state index in [1.165, 1.54) is 16.7 Å². The van der Waals surface area contributed by atoms with Crippen molar-refractivity contribution in [2.75, 3.05) is 5.32 Å². The van der Waals surface area contributed by atoms with Crippen LogP contribution < -0.4 is 5.32 Å². The number of pyridine rings is 2. The van der Waals surface area contributed by atoms with Crippen LogP contribution in [0.5, 0.6) is 0 Å². The van der Waals surface area contributed by atoms with E-state index in [0.717, 1.165) is 40.9 Å². The molecule has 0 saturated heterocycles. The lowest BCUT2D eigenvalue weighted by molar-refractivity contribution is 0.887. The van der Waals surface area contributed by atoms with E-state index in [9.17, 15) is 0 Å². The number of aryl methyl sites for hydroxylation is 2. The highest BCUT2D eigenvalue weighted by molar-refractivity contribution is 5.93. The molecule has 2 heterocycles. The summed E-state index contributed by atoms with van der Waals surface area (Å²) >= 11 is 0. The molecule has 3 heteroatoms. The average molecular weight is 353 g/mol. The van der Waals surface area contributed by atoms with Crippen LogP contribution in [0.1, 0.15) is 24.6 Å². The van der Waals surface area contributed by atoms with E-state index < -0.39 is 0 Å². The molecule has 0 aliphatic heterocycles. The van der Waals surface area contributed by atoms with Gasteiger partial charge in [0, 0.05) is 28.5 Å². The zero-order chi connectivity index (χ0) is 18.6. The molecule has 4 aromatic rings. The maximum atomic E-state index is 4.71. The smallest absolute Gasteiger partial charge is 0.161 e. The second-order valence-corrected chi connectivity index (χ2v) is 6.82. The predicted molar refractivity (Wildman–Crippen MR) is 113 cm³/mol. The van der Waals surface area contributed by atoms with Gasteiger partial charge in [-0.05, 0) is 49.2 Å². The number of nitrogens with one attached hydrogen (secondary N) is 1. The zero-order valence-electron chi connectivity index (χ0n) is 15.7. The van der Waals surface area contributed by atoms with Gasteiger partial charge in [-0.2, -0.15) is 0 Å². The highest BCUT2D eigenvalue weighted by Gasteiger charge is 2.09. The van der Waals surface area contributed by atoms with Crippen molar-refractivity contribution < 1.29 is 0 Å². The van der Waals surface area contributed by atoms with Crippen molar-refractivity contribution in [2.45, 2.75) is 26.7 Å². The van der Waals surface area contributed by atoms with Crippen molar-refractivity contribution in [1.29, 1.82) is 0 Å². The Morgan fingerprint density at radius 3 is 2.56 bits per heavy atom. The minimum Gasteiger partial charge on any atom is -0.354 e. The Morgan fingerprint density at radius 2 is 1.74 bits per heavy atom. The third kappa shape index (κ3) is 3.68. The molecule has 0 atom stereocenters. The van der Waals surface area contributed by atoms with Crippen molar-refractivity contribution in [3.05, 3.63) is 84.2 Å². The van der Waals surface area contributed by atoms with E-state index in [1.54, 1.807) is 0 Å². The van der Waals surface area contributed by atoms with E-state index in [2.05, 4.69) is 78.7 Å². The quantitative estimate of drug-likeness (QED) is 0.457. The molecule has 134 valence electrons. The van der Waals surface area contributed by atoms with Gasteiger partial charge >= 0.3 is 0 Å². The van der Waals surface area contributed by atoms with Gasteiger partial charge in [0.25, 0.3) is 0 Å². The van der Waals surface area contributed by atoms with Gasteiger partial charge in [0.15, 0.2) is 5.65 Å². The molecule has 2 aromatic carbocycles. The largest absolute Gasteiger partial charge is 0.354 e. The van der Waals surface area contributed by atoms with Gasteiger partial charge in [0.1, 0.15) is 0 Å². The van der Waals surface area contributed by atoms with Crippen molar-refractivity contribution in [3.63, 3.8) is 0 Å². The van der Waals surface area contributed by atoms with Crippen molar-refractivity contribution >= 4 is 22.4 Å². The molecule has 0 spiro atoms. The summed E-state index contributed by atoms with van der Waals surface area (Å²) in [6.45, 7) is 4.29. The van der Waals surface area contributed by atoms with Crippen LogP contribution in [-0.4, -0.2) is 9.97 Å². The van der Waals surface area contributed by atoms with E-state index in [-0.39, 0.29) is 0 Å². The molecule has 0 aliphatic rings. The van der Waals surface area contributed by atoms with Crippen molar-refractivity contribution in [3.8, 4) is 11.1 Å². The van der Waals surface area contributed by atoms with Crippen molar-refractivity contribution in [2.24, 2.45) is 0 Å². The van der Waals surface area contributed by atoms with Crippen LogP contribution in [0.4, 0.5) is 11.4 Å². The number of fused-ring (bicyclic) bond motifs is 1. The molecule has 4 rings (SSSR count). The molecule has 0 bridgehead atoms. The highest BCUT2D eigenvalue weighted by atomic mass is 14.9. The molecule has 2 aromatic heterocycles. The first-order valence-electron chi connectivity index (χ1n) is 9.42. The van der Waals surface area contributed by atoms with Crippen molar-refractivity contribution in [1.82, 2.24) is 9.97 Å². The molecule has 0 saturated carbocycles. The van der Waals surface area contributed by atoms with E-state index in [0.29, 0.717) is 0 Å². The molecule has 0 radical (unpaired) electrons. The molecule has 27 heavy (non-hydrogen) atoms. The summed E-state index contributed by atoms with van der Waals surface area (Å²) in [5.74, 6) is 0. The molecule has 0 aliphatic carbocycles. The van der Waals surface area contributed by atoms with Gasteiger partial charge in [0.05, 0.1) is 5.69 Å². The Bertz CT molecular complexity index is 1070. The SMILES string of the molecule is CCCc1ccc2c(Nc3ccc(C)cc3-c3ccccc3)ccnc2n1. The molecule has 3 nitrogen and oxygen atoms in total. The lowest BCUT2D eigenvalue weighted by Crippen LogP contribution is -1.98. The first kappa shape index (κ1) is 17.2. The van der Waals surface area contributed by atoms with Gasteiger partial charge in [-0.1, -0.05) is 55.3 Å². The lowest BCUT2D eigenvalue weighted by atomic mass is 10.0. The summed E-state index contributed by atoms with van der Waals surface area (Å²) in [6, 6.07) is 23.2. The second-order valence-electron chi connectivity index (χ2n) is 6.82. The number of hydrogen-bond donors (Lipinski definition) is 1. The lowest BCUT2D eigenvalue weighted by Gasteiger charge is -2.15. The molecule has 0 fully saturated rings. The van der Waals surface area contributed by atoms with Gasteiger partial charge in [-0.3, -0.25) is 0 Å². The topological polar surface area (TPSA) is 37.8 Å². The Kier molecular flexibility index (Phi) is 4.84. The third-order valence-corrected chi connectivity index (χ3v) is 4.70. The normalized spacial score (nSPS) is 10.9. The first-order chi connectivity index (χ1) is 13.2. The van der Waals surface area contributed by atoms with Crippen LogP contribution in [0, 0.1) is 6.92 Å². The minimum atomic E-state index is 0.791. The molecule has 1 N–H and O–H groups in total. The van der Waals surface area contributed by atoms with Gasteiger partial charge in [0.2, 0.25) is 0 Å². The fraction of sp³-hybridized carbons (Fsp3) is 0.167. The summed E-state index contributed by atoms with van der Waals surface area (Å²) < 4.78 is 0. The Morgan fingerprint density at radius 1 is 0.889 bits per heavy atom. The monoisotopic (exact) mass is 353 g/mol. The van der Waals surface area contributed by atoms with E-state index >= 15 is 0 Å². The van der Waals surface area contributed by atoms with Gasteiger partial charge < -0.3 is 5.32 Å². The number of rotatable bonds is 5. The summed E-state index contributed by atoms with van der Waals surface area (Å²) in [7, 11) is 0. The Hall–Kier alpha value is -3.20. The van der Waals surface area contributed by atoms with Crippen LogP contribution in [0.25, 0.3) is 22.2 Å². The maximum Gasteiger partial charge on any atom is 0.161 e. The Labute approximate surface area is 160 Å². The number of hydrogen-bond acceptors (Lipinski definition) is 3. The van der Waals surface area contributed by atoms with E-state index in [1.807, 2.05) is 18.3 Å². The first-order valence-corrected chi connectivity index (χ1v) is 9.42. The molecule has 0 unspecified atom stereocenters. The number of aromatic nitrogens is 2. The summed E-state index contributed by atoms with van der Waals surface area (Å²) in [4.78, 5) is 9.18. The van der Waals surface area contributed by atoms with Crippen LogP contribution in [0.15, 0.2) is 72.9 Å². The predicted octanol–water partition coefficient (Wildman–Crippen LogP) is 6.30. The minimum absolute atomic E-state index is 0.791. The summed E-state index contributed by atoms with van der Waals surface area (Å²) in [6.07, 6.45) is 3.88. The van der Waals surface area contributed by atoms with E-state index in [4.69, 9.17) is 4.98 Å². The van der Waals surface area contributed by atoms with Crippen LogP contribution in [-0.2, 0) is 6.42 Å².